The molecule has 5 aromatic rings. The van der Waals surface area contributed by atoms with E-state index in [2.05, 4.69) is 23.0 Å². The highest BCUT2D eigenvalue weighted by Gasteiger charge is 2.15. The van der Waals surface area contributed by atoms with Crippen molar-refractivity contribution in [3.63, 3.8) is 0 Å². The molecule has 0 saturated heterocycles. The van der Waals surface area contributed by atoms with Gasteiger partial charge in [-0.2, -0.15) is 10.4 Å². The minimum absolute atomic E-state index is 0.0970. The topological polar surface area (TPSA) is 76.5 Å². The van der Waals surface area contributed by atoms with E-state index in [4.69, 9.17) is 4.98 Å². The summed E-state index contributed by atoms with van der Waals surface area (Å²) < 4.78 is 3.26. The van der Waals surface area contributed by atoms with Gasteiger partial charge in [0.05, 0.1) is 16.6 Å². The normalized spacial score (nSPS) is 10.4. The van der Waals surface area contributed by atoms with Crippen molar-refractivity contribution in [2.24, 2.45) is 0 Å². The fourth-order valence-electron chi connectivity index (χ4n) is 3.61. The molecular weight excluding hydrogens is 410 g/mol. The SMILES string of the molecule is N#Cc1ccccc1C#CCn1nc(-n2c(-c3ccccc3)nc3ccccc32)ccc1=O. The van der Waals surface area contributed by atoms with Gasteiger partial charge in [0.2, 0.25) is 0 Å². The summed E-state index contributed by atoms with van der Waals surface area (Å²) >= 11 is 0. The molecular formula is C27H17N5O. The second kappa shape index (κ2) is 8.66. The molecule has 0 N–H and O–H groups in total. The first kappa shape index (κ1) is 20.0. The Balaban J connectivity index is 1.59. The summed E-state index contributed by atoms with van der Waals surface area (Å²) in [5, 5.41) is 13.8. The van der Waals surface area contributed by atoms with Gasteiger partial charge in [-0.3, -0.25) is 9.36 Å². The first-order valence-electron chi connectivity index (χ1n) is 10.3. The highest BCUT2D eigenvalue weighted by Crippen LogP contribution is 2.27. The minimum atomic E-state index is -0.257. The van der Waals surface area contributed by atoms with Crippen LogP contribution in [0.1, 0.15) is 11.1 Å². The Hall–Kier alpha value is -4.94. The smallest absolute Gasteiger partial charge is 0.267 e. The third-order valence-corrected chi connectivity index (χ3v) is 5.17. The van der Waals surface area contributed by atoms with Gasteiger partial charge >= 0.3 is 0 Å². The number of benzene rings is 3. The third-order valence-electron chi connectivity index (χ3n) is 5.17. The van der Waals surface area contributed by atoms with E-state index in [9.17, 15) is 10.1 Å². The summed E-state index contributed by atoms with van der Waals surface area (Å²) in [6, 6.07) is 30.1. The molecule has 0 unspecified atom stereocenters. The molecule has 0 aliphatic rings. The highest BCUT2D eigenvalue weighted by atomic mass is 16.1. The predicted octanol–water partition coefficient (Wildman–Crippen LogP) is 4.17. The lowest BCUT2D eigenvalue weighted by molar-refractivity contribution is 0.651. The van der Waals surface area contributed by atoms with Crippen LogP contribution in [0.25, 0.3) is 28.2 Å². The summed E-state index contributed by atoms with van der Waals surface area (Å²) in [5.41, 5.74) is 3.54. The molecule has 3 aromatic carbocycles. The Morgan fingerprint density at radius 1 is 0.818 bits per heavy atom. The number of nitriles is 1. The zero-order valence-corrected chi connectivity index (χ0v) is 17.5. The first-order valence-corrected chi connectivity index (χ1v) is 10.3. The fourth-order valence-corrected chi connectivity index (χ4v) is 3.61. The van der Waals surface area contributed by atoms with E-state index < -0.39 is 0 Å². The monoisotopic (exact) mass is 427 g/mol. The number of rotatable bonds is 3. The summed E-state index contributed by atoms with van der Waals surface area (Å²) in [5.74, 6) is 7.24. The Morgan fingerprint density at radius 2 is 1.55 bits per heavy atom. The molecule has 0 fully saturated rings. The van der Waals surface area contributed by atoms with Crippen molar-refractivity contribution in [2.75, 3.05) is 0 Å². The Labute approximate surface area is 190 Å². The lowest BCUT2D eigenvalue weighted by atomic mass is 10.1. The van der Waals surface area contributed by atoms with E-state index in [1.165, 1.54) is 10.7 Å². The summed E-state index contributed by atoms with van der Waals surface area (Å²) in [6.07, 6.45) is 0. The molecule has 2 aromatic heterocycles. The molecule has 2 heterocycles. The van der Waals surface area contributed by atoms with Crippen molar-refractivity contribution in [3.8, 4) is 35.1 Å². The third kappa shape index (κ3) is 3.89. The van der Waals surface area contributed by atoms with Gasteiger partial charge in [-0.15, -0.1) is 0 Å². The standard InChI is InChI=1S/C27H17N5O/c28-19-22-12-5-4-9-20(22)13-8-18-31-26(33)17-16-25(30-31)32-24-15-7-6-14-23(24)29-27(32)21-10-2-1-3-11-21/h1-7,9-12,14-17H,18H2. The van der Waals surface area contributed by atoms with Crippen LogP contribution < -0.4 is 5.56 Å². The van der Waals surface area contributed by atoms with Gasteiger partial charge in [-0.1, -0.05) is 66.4 Å². The number of aromatic nitrogens is 4. The molecule has 0 bridgehead atoms. The van der Waals surface area contributed by atoms with E-state index in [-0.39, 0.29) is 12.1 Å². The van der Waals surface area contributed by atoms with E-state index in [1.54, 1.807) is 24.3 Å². The van der Waals surface area contributed by atoms with Crippen molar-refractivity contribution in [2.45, 2.75) is 6.54 Å². The number of para-hydroxylation sites is 2. The number of imidazole rings is 1. The molecule has 156 valence electrons. The summed E-state index contributed by atoms with van der Waals surface area (Å²) in [7, 11) is 0. The zero-order chi connectivity index (χ0) is 22.6. The first-order chi connectivity index (χ1) is 16.2. The van der Waals surface area contributed by atoms with Gasteiger partial charge in [0.25, 0.3) is 5.56 Å². The van der Waals surface area contributed by atoms with Crippen LogP contribution in [0, 0.1) is 23.2 Å². The average molecular weight is 427 g/mol. The average Bonchev–Trinajstić information content (AvgIpc) is 3.26. The van der Waals surface area contributed by atoms with Gasteiger partial charge in [-0.05, 0) is 30.3 Å². The molecule has 0 aliphatic heterocycles. The van der Waals surface area contributed by atoms with E-state index >= 15 is 0 Å². The molecule has 0 spiro atoms. The van der Waals surface area contributed by atoms with Crippen LogP contribution in [0.5, 0.6) is 0 Å². The van der Waals surface area contributed by atoms with Gasteiger partial charge < -0.3 is 0 Å². The molecule has 0 atom stereocenters. The zero-order valence-electron chi connectivity index (χ0n) is 17.5. The van der Waals surface area contributed by atoms with E-state index in [0.717, 1.165) is 22.4 Å². The maximum atomic E-state index is 12.5. The lowest BCUT2D eigenvalue weighted by Crippen LogP contribution is -2.23. The van der Waals surface area contributed by atoms with Crippen molar-refractivity contribution >= 4 is 11.0 Å². The van der Waals surface area contributed by atoms with Crippen LogP contribution in [0.15, 0.2) is 95.8 Å². The molecule has 0 amide bonds. The number of nitrogens with zero attached hydrogens (tertiary/aromatic N) is 5. The van der Waals surface area contributed by atoms with Gasteiger partial charge in [-0.25, -0.2) is 9.67 Å². The van der Waals surface area contributed by atoms with Crippen molar-refractivity contribution in [1.29, 1.82) is 5.26 Å². The molecule has 33 heavy (non-hydrogen) atoms. The number of hydrogen-bond acceptors (Lipinski definition) is 4. The van der Waals surface area contributed by atoms with Crippen LogP contribution in [0.2, 0.25) is 0 Å². The fraction of sp³-hybridized carbons (Fsp3) is 0.0370. The second-order valence-corrected chi connectivity index (χ2v) is 7.27. The van der Waals surface area contributed by atoms with Gasteiger partial charge in [0.1, 0.15) is 18.4 Å². The predicted molar refractivity (Wildman–Crippen MR) is 127 cm³/mol. The maximum absolute atomic E-state index is 12.5. The van der Waals surface area contributed by atoms with E-state index in [1.807, 2.05) is 65.2 Å². The van der Waals surface area contributed by atoms with Crippen LogP contribution in [0.4, 0.5) is 0 Å². The van der Waals surface area contributed by atoms with Crippen LogP contribution in [-0.2, 0) is 6.54 Å². The number of fused-ring (bicyclic) bond motifs is 1. The van der Waals surface area contributed by atoms with Crippen molar-refractivity contribution < 1.29 is 0 Å². The lowest BCUT2D eigenvalue weighted by Gasteiger charge is -2.10. The minimum Gasteiger partial charge on any atom is -0.275 e. The van der Waals surface area contributed by atoms with Gasteiger partial charge in [0, 0.05) is 17.2 Å². The van der Waals surface area contributed by atoms with Crippen LogP contribution >= 0.6 is 0 Å². The molecule has 0 radical (unpaired) electrons. The van der Waals surface area contributed by atoms with E-state index in [0.29, 0.717) is 16.9 Å². The molecule has 0 saturated carbocycles. The van der Waals surface area contributed by atoms with Crippen molar-refractivity contribution in [3.05, 3.63) is 112 Å². The Bertz CT molecular complexity index is 1630. The summed E-state index contributed by atoms with van der Waals surface area (Å²) in [4.78, 5) is 17.3. The van der Waals surface area contributed by atoms with Gasteiger partial charge in [0.15, 0.2) is 5.82 Å². The molecule has 6 heteroatoms. The highest BCUT2D eigenvalue weighted by molar-refractivity contribution is 5.82. The van der Waals surface area contributed by atoms with Crippen LogP contribution in [0.3, 0.4) is 0 Å². The maximum Gasteiger partial charge on any atom is 0.267 e. The largest absolute Gasteiger partial charge is 0.275 e. The Morgan fingerprint density at radius 3 is 2.36 bits per heavy atom. The molecule has 0 aliphatic carbocycles. The molecule has 5 rings (SSSR count). The van der Waals surface area contributed by atoms with Crippen LogP contribution in [-0.4, -0.2) is 19.3 Å². The second-order valence-electron chi connectivity index (χ2n) is 7.27. The summed E-state index contributed by atoms with van der Waals surface area (Å²) in [6.45, 7) is 0.0970. The number of hydrogen-bond donors (Lipinski definition) is 0. The quantitative estimate of drug-likeness (QED) is 0.405. The molecule has 6 nitrogen and oxygen atoms in total. The Kier molecular flexibility index (Phi) is 5.25. The van der Waals surface area contributed by atoms with Crippen molar-refractivity contribution in [1.82, 2.24) is 19.3 Å².